The number of carbonyl (C=O) groups is 1. The van der Waals surface area contributed by atoms with Crippen LogP contribution in [0, 0.1) is 20.8 Å². The smallest absolute Gasteiger partial charge is 0.282 e. The van der Waals surface area contributed by atoms with Crippen molar-refractivity contribution >= 4 is 22.5 Å². The topological polar surface area (TPSA) is 79.8 Å². The summed E-state index contributed by atoms with van der Waals surface area (Å²) < 4.78 is 27.3. The molecule has 0 fully saturated rings. The van der Waals surface area contributed by atoms with Crippen molar-refractivity contribution in [2.24, 2.45) is 7.05 Å². The van der Waals surface area contributed by atoms with Gasteiger partial charge in [0, 0.05) is 35.6 Å². The highest BCUT2D eigenvalue weighted by Crippen LogP contribution is 2.24. The van der Waals surface area contributed by atoms with Crippen molar-refractivity contribution in [2.75, 3.05) is 5.32 Å². The van der Waals surface area contributed by atoms with Crippen LogP contribution in [0.3, 0.4) is 0 Å². The van der Waals surface area contributed by atoms with Gasteiger partial charge in [-0.05, 0) is 38.5 Å². The van der Waals surface area contributed by atoms with Gasteiger partial charge in [0.2, 0.25) is 0 Å². The first-order chi connectivity index (χ1) is 12.2. The number of aromatic nitrogens is 3. The Bertz CT molecular complexity index is 1080. The quantitative estimate of drug-likeness (QED) is 0.751. The first kappa shape index (κ1) is 17.8. The third-order valence-electron chi connectivity index (χ3n) is 4.36. The van der Waals surface area contributed by atoms with E-state index in [9.17, 15) is 18.4 Å². The number of carbonyl (C=O) groups excluding carboxylic acids is 1. The molecule has 136 valence electrons. The van der Waals surface area contributed by atoms with Crippen LogP contribution in [-0.2, 0) is 7.05 Å². The molecular weight excluding hydrogens is 342 g/mol. The number of amides is 1. The Hall–Kier alpha value is -3.03. The zero-order valence-electron chi connectivity index (χ0n) is 14.8. The van der Waals surface area contributed by atoms with Gasteiger partial charge in [-0.1, -0.05) is 0 Å². The second-order valence-electron chi connectivity index (χ2n) is 6.28. The molecule has 0 unspecified atom stereocenters. The molecule has 2 heterocycles. The van der Waals surface area contributed by atoms with Crippen molar-refractivity contribution in [3.63, 3.8) is 0 Å². The van der Waals surface area contributed by atoms with Gasteiger partial charge in [-0.15, -0.1) is 0 Å². The minimum atomic E-state index is -2.86. The number of hydrogen-bond donors (Lipinski definition) is 2. The Kier molecular flexibility index (Phi) is 4.35. The SMILES string of the molecule is Cc1[nH]c2c(C)cc(NC(=O)c3cn(C)nc3C(F)F)cc2c(=O)c1C. The molecule has 1 aromatic carbocycles. The minimum absolute atomic E-state index is 0.134. The van der Waals surface area contributed by atoms with Crippen LogP contribution in [0.1, 0.15) is 39.3 Å². The van der Waals surface area contributed by atoms with Crippen LogP contribution in [0.15, 0.2) is 23.1 Å². The van der Waals surface area contributed by atoms with Crippen LogP contribution in [0.25, 0.3) is 10.9 Å². The Morgan fingerprint density at radius 3 is 2.62 bits per heavy atom. The number of hydrogen-bond acceptors (Lipinski definition) is 3. The second kappa shape index (κ2) is 6.36. The first-order valence-corrected chi connectivity index (χ1v) is 7.96. The number of H-pyrrole nitrogens is 1. The molecule has 26 heavy (non-hydrogen) atoms. The Labute approximate surface area is 147 Å². The molecule has 3 aromatic rings. The summed E-state index contributed by atoms with van der Waals surface area (Å²) in [7, 11) is 1.47. The highest BCUT2D eigenvalue weighted by atomic mass is 19.3. The molecule has 2 N–H and O–H groups in total. The summed E-state index contributed by atoms with van der Waals surface area (Å²) in [5.41, 5.74) is 2.26. The fourth-order valence-electron chi connectivity index (χ4n) is 2.90. The maximum Gasteiger partial charge on any atom is 0.282 e. The van der Waals surface area contributed by atoms with Gasteiger partial charge in [0.05, 0.1) is 11.1 Å². The molecule has 0 aliphatic rings. The molecule has 6 nitrogen and oxygen atoms in total. The van der Waals surface area contributed by atoms with E-state index >= 15 is 0 Å². The van der Waals surface area contributed by atoms with E-state index in [4.69, 9.17) is 0 Å². The molecule has 0 aliphatic carbocycles. The molecule has 0 saturated carbocycles. The van der Waals surface area contributed by atoms with Gasteiger partial charge in [0.1, 0.15) is 5.69 Å². The molecule has 0 radical (unpaired) electrons. The third-order valence-corrected chi connectivity index (χ3v) is 4.36. The Morgan fingerprint density at radius 2 is 1.96 bits per heavy atom. The van der Waals surface area contributed by atoms with Gasteiger partial charge < -0.3 is 10.3 Å². The summed E-state index contributed by atoms with van der Waals surface area (Å²) in [5, 5.41) is 6.64. The van der Waals surface area contributed by atoms with E-state index in [0.29, 0.717) is 22.2 Å². The Morgan fingerprint density at radius 1 is 1.27 bits per heavy atom. The fraction of sp³-hybridized carbons (Fsp3) is 0.278. The first-order valence-electron chi connectivity index (χ1n) is 7.96. The van der Waals surface area contributed by atoms with Gasteiger partial charge >= 0.3 is 0 Å². The van der Waals surface area contributed by atoms with Gasteiger partial charge in [0.25, 0.3) is 12.3 Å². The van der Waals surface area contributed by atoms with Gasteiger partial charge in [-0.2, -0.15) is 5.10 Å². The standard InChI is InChI=1S/C18H18F2N4O2/c1-8-5-11(6-12-14(8)21-10(3)9(2)16(12)25)22-18(26)13-7-24(4)23-15(13)17(19)20/h5-7,17H,1-4H3,(H,21,25)(H,22,26). The number of nitrogens with zero attached hydrogens (tertiary/aromatic N) is 2. The van der Waals surface area contributed by atoms with Gasteiger partial charge in [-0.25, -0.2) is 8.78 Å². The van der Waals surface area contributed by atoms with Crippen molar-refractivity contribution in [3.8, 4) is 0 Å². The highest BCUT2D eigenvalue weighted by molar-refractivity contribution is 6.06. The monoisotopic (exact) mass is 360 g/mol. The summed E-state index contributed by atoms with van der Waals surface area (Å²) in [6.45, 7) is 5.34. The number of nitrogens with one attached hydrogen (secondary N) is 2. The van der Waals surface area contributed by atoms with Crippen molar-refractivity contribution in [1.29, 1.82) is 0 Å². The average Bonchev–Trinajstić information content (AvgIpc) is 2.96. The molecule has 0 atom stereocenters. The molecule has 0 saturated heterocycles. The predicted molar refractivity (Wildman–Crippen MR) is 94.9 cm³/mol. The largest absolute Gasteiger partial charge is 0.358 e. The molecular formula is C18H18F2N4O2. The molecule has 8 heteroatoms. The second-order valence-corrected chi connectivity index (χ2v) is 6.28. The van der Waals surface area contributed by atoms with Crippen molar-refractivity contribution in [2.45, 2.75) is 27.2 Å². The van der Waals surface area contributed by atoms with Crippen molar-refractivity contribution in [3.05, 3.63) is 56.6 Å². The lowest BCUT2D eigenvalue weighted by molar-refractivity contribution is 0.101. The molecule has 0 bridgehead atoms. The summed E-state index contributed by atoms with van der Waals surface area (Å²) >= 11 is 0. The maximum atomic E-state index is 13.0. The highest BCUT2D eigenvalue weighted by Gasteiger charge is 2.23. The summed E-state index contributed by atoms with van der Waals surface area (Å²) in [4.78, 5) is 28.1. The number of rotatable bonds is 3. The lowest BCUT2D eigenvalue weighted by atomic mass is 10.1. The van der Waals surface area contributed by atoms with Crippen LogP contribution in [-0.4, -0.2) is 20.7 Å². The van der Waals surface area contributed by atoms with E-state index in [0.717, 1.165) is 11.3 Å². The zero-order chi connectivity index (χ0) is 19.2. The summed E-state index contributed by atoms with van der Waals surface area (Å²) in [5.74, 6) is -0.701. The number of halogens is 2. The molecule has 2 aromatic heterocycles. The Balaban J connectivity index is 2.05. The number of aromatic amines is 1. The molecule has 0 spiro atoms. The lowest BCUT2D eigenvalue weighted by Gasteiger charge is -2.11. The number of pyridine rings is 1. The number of benzene rings is 1. The number of fused-ring (bicyclic) bond motifs is 1. The summed E-state index contributed by atoms with van der Waals surface area (Å²) in [6, 6.07) is 3.23. The fourth-order valence-corrected chi connectivity index (χ4v) is 2.90. The van der Waals surface area contributed by atoms with Crippen molar-refractivity contribution in [1.82, 2.24) is 14.8 Å². The van der Waals surface area contributed by atoms with E-state index in [1.807, 2.05) is 6.92 Å². The molecule has 3 rings (SSSR count). The van der Waals surface area contributed by atoms with E-state index < -0.39 is 18.0 Å². The normalized spacial score (nSPS) is 11.3. The molecule has 0 aliphatic heterocycles. The van der Waals surface area contributed by atoms with Gasteiger partial charge in [-0.3, -0.25) is 14.3 Å². The third kappa shape index (κ3) is 2.98. The number of aryl methyl sites for hydroxylation is 3. The van der Waals surface area contributed by atoms with Crippen LogP contribution < -0.4 is 10.7 Å². The van der Waals surface area contributed by atoms with Crippen LogP contribution in [0.2, 0.25) is 0 Å². The van der Waals surface area contributed by atoms with Crippen LogP contribution in [0.5, 0.6) is 0 Å². The maximum absolute atomic E-state index is 13.0. The predicted octanol–water partition coefficient (Wildman–Crippen LogP) is 3.38. The van der Waals surface area contributed by atoms with Crippen LogP contribution >= 0.6 is 0 Å². The van der Waals surface area contributed by atoms with Crippen LogP contribution in [0.4, 0.5) is 14.5 Å². The number of anilines is 1. The average molecular weight is 360 g/mol. The van der Waals surface area contributed by atoms with E-state index in [-0.39, 0.29) is 11.0 Å². The number of alkyl halides is 2. The van der Waals surface area contributed by atoms with E-state index in [1.165, 1.54) is 17.9 Å². The minimum Gasteiger partial charge on any atom is -0.358 e. The lowest BCUT2D eigenvalue weighted by Crippen LogP contribution is -2.15. The zero-order valence-corrected chi connectivity index (χ0v) is 14.8. The molecule has 1 amide bonds. The van der Waals surface area contributed by atoms with E-state index in [1.54, 1.807) is 26.0 Å². The van der Waals surface area contributed by atoms with Gasteiger partial charge in [0.15, 0.2) is 5.43 Å². The van der Waals surface area contributed by atoms with Crippen molar-refractivity contribution < 1.29 is 13.6 Å². The summed E-state index contributed by atoms with van der Waals surface area (Å²) in [6.07, 6.45) is -1.62. The van der Waals surface area contributed by atoms with E-state index in [2.05, 4.69) is 15.4 Å².